The highest BCUT2D eigenvalue weighted by atomic mass is 32.1. The number of anilines is 1. The number of aromatic nitrogens is 6. The van der Waals surface area contributed by atoms with Gasteiger partial charge in [-0.25, -0.2) is 19.6 Å². The monoisotopic (exact) mass is 998 g/mol. The number of β-amino-alcohol motifs (C(OH)–C–C–N with tert-alkyl or cyclic N) is 1. The van der Waals surface area contributed by atoms with Crippen molar-refractivity contribution >= 4 is 51.8 Å². The van der Waals surface area contributed by atoms with Crippen LogP contribution in [0.2, 0.25) is 0 Å². The van der Waals surface area contributed by atoms with Gasteiger partial charge in [0, 0.05) is 45.4 Å². The summed E-state index contributed by atoms with van der Waals surface area (Å²) >= 11 is 1.57. The van der Waals surface area contributed by atoms with Crippen LogP contribution in [-0.2, 0) is 37.0 Å². The SMILES string of the molecule is CCn1c(-c2nonc2N)nc2c(C#CC(C)(C)O)ncc(OCCCNCCCC(=O)NCCOCCC(=O)N[C@H](C(=O)N3C[C@H](O)C[C@H]3C(=O)NCc3ccc(-c4scnc4C)cc3)C(C)(C)C)c21. The zero-order valence-electron chi connectivity index (χ0n) is 41.5. The van der Waals surface area contributed by atoms with Crippen LogP contribution in [0.1, 0.15) is 90.6 Å². The number of likely N-dealkylation sites (tertiary alicyclic amines) is 1. The van der Waals surface area contributed by atoms with Crippen molar-refractivity contribution in [3.05, 3.63) is 52.9 Å². The molecule has 1 saturated heterocycles. The molecule has 0 aliphatic carbocycles. The molecule has 4 aromatic heterocycles. The molecule has 1 aliphatic rings. The van der Waals surface area contributed by atoms with E-state index in [0.717, 1.165) is 21.7 Å². The van der Waals surface area contributed by atoms with Gasteiger partial charge in [0.25, 0.3) is 0 Å². The van der Waals surface area contributed by atoms with Crippen molar-refractivity contribution in [2.45, 2.75) is 117 Å². The molecule has 0 radical (unpaired) electrons. The minimum Gasteiger partial charge on any atom is -0.490 e. The molecule has 3 atom stereocenters. The number of hydrogen-bond acceptors (Lipinski definition) is 17. The van der Waals surface area contributed by atoms with Crippen LogP contribution in [0.25, 0.3) is 33.0 Å². The van der Waals surface area contributed by atoms with Crippen molar-refractivity contribution in [1.29, 1.82) is 0 Å². The second kappa shape index (κ2) is 24.6. The first kappa shape index (κ1) is 53.8. The summed E-state index contributed by atoms with van der Waals surface area (Å²) in [5.74, 6) is 5.35. The lowest BCUT2D eigenvalue weighted by atomic mass is 9.85. The van der Waals surface area contributed by atoms with E-state index in [2.05, 4.69) is 53.4 Å². The van der Waals surface area contributed by atoms with Gasteiger partial charge in [0.05, 0.1) is 48.2 Å². The van der Waals surface area contributed by atoms with E-state index in [9.17, 15) is 29.4 Å². The first-order chi connectivity index (χ1) is 33.8. The number of benzene rings is 1. The fourth-order valence-corrected chi connectivity index (χ4v) is 8.68. The number of nitrogens with zero attached hydrogens (tertiary/aromatic N) is 7. The number of nitrogen functional groups attached to an aromatic ring is 1. The number of thiazole rings is 1. The van der Waals surface area contributed by atoms with Crippen LogP contribution in [0, 0.1) is 24.2 Å². The van der Waals surface area contributed by atoms with Crippen LogP contribution in [0.5, 0.6) is 5.75 Å². The predicted octanol–water partition coefficient (Wildman–Crippen LogP) is 3.11. The van der Waals surface area contributed by atoms with E-state index in [-0.39, 0.29) is 69.0 Å². The van der Waals surface area contributed by atoms with E-state index in [1.807, 2.05) is 63.5 Å². The van der Waals surface area contributed by atoms with Crippen LogP contribution in [0.4, 0.5) is 5.82 Å². The van der Waals surface area contributed by atoms with Crippen LogP contribution >= 0.6 is 11.3 Å². The Kier molecular flexibility index (Phi) is 18.6. The Bertz CT molecular complexity index is 2680. The van der Waals surface area contributed by atoms with Crippen molar-refractivity contribution in [2.75, 3.05) is 51.7 Å². The van der Waals surface area contributed by atoms with E-state index in [1.54, 1.807) is 36.9 Å². The predicted molar refractivity (Wildman–Crippen MR) is 266 cm³/mol. The molecule has 0 saturated carbocycles. The number of aliphatic hydroxyl groups excluding tert-OH is 1. The minimum absolute atomic E-state index is 0.0210. The normalized spacial score (nSPS) is 15.3. The van der Waals surface area contributed by atoms with E-state index in [1.165, 1.54) is 4.90 Å². The molecule has 1 fully saturated rings. The summed E-state index contributed by atoms with van der Waals surface area (Å²) in [7, 11) is 0. The average Bonchev–Trinajstić information content (AvgIpc) is 4.14. The third kappa shape index (κ3) is 14.8. The van der Waals surface area contributed by atoms with Gasteiger partial charge in [-0.2, -0.15) is 0 Å². The Labute approximate surface area is 417 Å². The fourth-order valence-electron chi connectivity index (χ4n) is 7.87. The highest BCUT2D eigenvalue weighted by molar-refractivity contribution is 7.13. The molecule has 1 aromatic carbocycles. The van der Waals surface area contributed by atoms with Gasteiger partial charge in [0.1, 0.15) is 34.4 Å². The van der Waals surface area contributed by atoms with Gasteiger partial charge in [-0.05, 0) is 86.4 Å². The molecule has 22 heteroatoms. The summed E-state index contributed by atoms with van der Waals surface area (Å²) in [6, 6.07) is 5.98. The Morgan fingerprint density at radius 2 is 1.75 bits per heavy atom. The van der Waals surface area contributed by atoms with Crippen molar-refractivity contribution in [3.8, 4) is 39.5 Å². The Morgan fingerprint density at radius 1 is 0.986 bits per heavy atom. The molecule has 8 N–H and O–H groups in total. The molecule has 6 rings (SSSR count). The number of pyridine rings is 1. The lowest BCUT2D eigenvalue weighted by molar-refractivity contribution is -0.144. The van der Waals surface area contributed by atoms with Gasteiger partial charge in [0.2, 0.25) is 23.6 Å². The van der Waals surface area contributed by atoms with E-state index in [0.29, 0.717) is 73.8 Å². The second-order valence-corrected chi connectivity index (χ2v) is 19.7. The van der Waals surface area contributed by atoms with Crippen molar-refractivity contribution in [1.82, 2.24) is 56.0 Å². The number of aliphatic hydroxyl groups is 2. The molecule has 5 heterocycles. The number of aryl methyl sites for hydroxylation is 2. The summed E-state index contributed by atoms with van der Waals surface area (Å²) in [5, 5.41) is 40.3. The highest BCUT2D eigenvalue weighted by Gasteiger charge is 2.44. The van der Waals surface area contributed by atoms with E-state index < -0.39 is 41.0 Å². The minimum atomic E-state index is -1.24. The fraction of sp³-hybridized carbons (Fsp3) is 0.531. The average molecular weight is 999 g/mol. The maximum Gasteiger partial charge on any atom is 0.246 e. The lowest BCUT2D eigenvalue weighted by Crippen LogP contribution is -2.57. The van der Waals surface area contributed by atoms with Crippen molar-refractivity contribution in [3.63, 3.8) is 0 Å². The van der Waals surface area contributed by atoms with Gasteiger partial charge in [-0.3, -0.25) is 19.2 Å². The first-order valence-electron chi connectivity index (χ1n) is 23.8. The number of hydrogen-bond donors (Lipinski definition) is 7. The summed E-state index contributed by atoms with van der Waals surface area (Å²) in [6.45, 7) is 15.4. The number of carbonyl (C=O) groups is 4. The highest BCUT2D eigenvalue weighted by Crippen LogP contribution is 2.34. The molecule has 5 aromatic rings. The number of carbonyl (C=O) groups excluding carboxylic acids is 4. The molecule has 21 nitrogen and oxygen atoms in total. The van der Waals surface area contributed by atoms with Gasteiger partial charge < -0.3 is 56.2 Å². The Balaban J connectivity index is 0.857. The maximum absolute atomic E-state index is 14.0. The largest absolute Gasteiger partial charge is 0.490 e. The van der Waals surface area contributed by atoms with Gasteiger partial charge in [-0.15, -0.1) is 11.3 Å². The smallest absolute Gasteiger partial charge is 0.246 e. The third-order valence-electron chi connectivity index (χ3n) is 11.5. The van der Waals surface area contributed by atoms with Crippen LogP contribution in [0.15, 0.2) is 40.6 Å². The molecular formula is C49H66N12O9S. The molecule has 4 amide bonds. The number of imidazole rings is 1. The number of nitrogens with one attached hydrogen (secondary N) is 4. The summed E-state index contributed by atoms with van der Waals surface area (Å²) in [6.07, 6.45) is 2.36. The Morgan fingerprint density at radius 3 is 2.42 bits per heavy atom. The van der Waals surface area contributed by atoms with E-state index in [4.69, 9.17) is 24.8 Å². The van der Waals surface area contributed by atoms with Crippen LogP contribution in [-0.4, -0.2) is 138 Å². The zero-order chi connectivity index (χ0) is 51.3. The number of rotatable bonds is 23. The lowest BCUT2D eigenvalue weighted by Gasteiger charge is -2.35. The molecule has 0 spiro atoms. The quantitative estimate of drug-likeness (QED) is 0.0366. The molecule has 0 bridgehead atoms. The molecule has 0 unspecified atom stereocenters. The van der Waals surface area contributed by atoms with Crippen molar-refractivity contribution in [2.24, 2.45) is 5.41 Å². The summed E-state index contributed by atoms with van der Waals surface area (Å²) in [4.78, 5) is 68.9. The molecule has 382 valence electrons. The second-order valence-electron chi connectivity index (χ2n) is 18.9. The number of amides is 4. The van der Waals surface area contributed by atoms with Crippen LogP contribution in [0.3, 0.4) is 0 Å². The topological polar surface area (TPSA) is 287 Å². The summed E-state index contributed by atoms with van der Waals surface area (Å²) < 4.78 is 18.5. The molecule has 1 aliphatic heterocycles. The van der Waals surface area contributed by atoms with Gasteiger partial charge >= 0.3 is 0 Å². The van der Waals surface area contributed by atoms with Crippen molar-refractivity contribution < 1.29 is 43.5 Å². The number of nitrogens with two attached hydrogens (primary N) is 1. The van der Waals surface area contributed by atoms with Crippen LogP contribution < -0.4 is 31.7 Å². The standard InChI is InChI=1S/C49H66N12O9S/c1-8-60-41-36(27-53-34(16-18-49(6,7)67)39(41)57-45(60)40-44(50)59-70-58-40)69-22-10-20-51-19-9-11-37(63)52-21-24-68-23-17-38(64)56-43(48(3,4)5)47(66)61-28-33(62)25-35(61)46(65)54-26-31-12-14-32(15-13-31)42-30(2)55-29-71-42/h12-15,27,29,33,35,43,51,62,67H,8-11,17,19-26,28H2,1-7H3,(H2,50,59)(H,52,63)(H,54,65)(H,56,64)/t33-,35+,43-/m1/s1. The number of ether oxygens (including phenoxy) is 2. The van der Waals surface area contributed by atoms with Gasteiger partial charge in [0.15, 0.2) is 23.1 Å². The molecular weight excluding hydrogens is 933 g/mol. The van der Waals surface area contributed by atoms with Gasteiger partial charge in [-0.1, -0.05) is 51.0 Å². The first-order valence-corrected chi connectivity index (χ1v) is 24.7. The summed E-state index contributed by atoms with van der Waals surface area (Å²) in [5.41, 5.74) is 10.5. The number of fused-ring (bicyclic) bond motifs is 1. The zero-order valence-corrected chi connectivity index (χ0v) is 42.3. The third-order valence-corrected chi connectivity index (χ3v) is 12.5. The Hall–Kier alpha value is -6.51. The maximum atomic E-state index is 14.0. The molecule has 71 heavy (non-hydrogen) atoms. The van der Waals surface area contributed by atoms with E-state index >= 15 is 0 Å².